The third kappa shape index (κ3) is 3.14. The molecule has 2 aromatic carbocycles. The van der Waals surface area contributed by atoms with Gasteiger partial charge in [-0.05, 0) is 26.0 Å². The molecule has 0 amide bonds. The van der Waals surface area contributed by atoms with Crippen molar-refractivity contribution in [1.82, 2.24) is 0 Å². The molecular formula is C22H27N2+. The fourth-order valence-electron chi connectivity index (χ4n) is 3.45. The van der Waals surface area contributed by atoms with Crippen molar-refractivity contribution < 1.29 is 4.58 Å². The van der Waals surface area contributed by atoms with E-state index in [2.05, 4.69) is 79.3 Å². The number of allylic oxidation sites excluding steroid dienone is 1. The molecule has 2 heteroatoms. The van der Waals surface area contributed by atoms with Crippen molar-refractivity contribution >= 4 is 17.1 Å². The molecule has 0 spiro atoms. The van der Waals surface area contributed by atoms with Crippen molar-refractivity contribution in [3.8, 4) is 0 Å². The zero-order valence-corrected chi connectivity index (χ0v) is 14.9. The molecule has 3 rings (SSSR count). The predicted molar refractivity (Wildman–Crippen MR) is 103 cm³/mol. The Morgan fingerprint density at radius 1 is 1.00 bits per heavy atom. The van der Waals surface area contributed by atoms with Crippen molar-refractivity contribution in [1.29, 1.82) is 0 Å². The van der Waals surface area contributed by atoms with E-state index in [9.17, 15) is 0 Å². The highest BCUT2D eigenvalue weighted by atomic mass is 15.1. The molecule has 0 radical (unpaired) electrons. The first kappa shape index (κ1) is 16.5. The zero-order chi connectivity index (χ0) is 17.0. The number of rotatable bonds is 6. The third-order valence-corrected chi connectivity index (χ3v) is 4.80. The maximum atomic E-state index is 3.38. The lowest BCUT2D eigenvalue weighted by Crippen LogP contribution is -2.28. The van der Waals surface area contributed by atoms with E-state index in [0.717, 1.165) is 12.2 Å². The second-order valence-electron chi connectivity index (χ2n) is 6.88. The van der Waals surface area contributed by atoms with Crippen molar-refractivity contribution in [2.24, 2.45) is 0 Å². The van der Waals surface area contributed by atoms with E-state index in [0.29, 0.717) is 0 Å². The minimum Gasteiger partial charge on any atom is -0.361 e. The van der Waals surface area contributed by atoms with Crippen molar-refractivity contribution in [3.63, 3.8) is 0 Å². The summed E-state index contributed by atoms with van der Waals surface area (Å²) in [6, 6.07) is 19.1. The number of anilines is 1. The molecule has 2 nitrogen and oxygen atoms in total. The number of nitrogens with zero attached hydrogens (tertiary/aromatic N) is 1. The highest BCUT2D eigenvalue weighted by molar-refractivity contribution is 6.03. The van der Waals surface area contributed by atoms with Crippen LogP contribution in [0.1, 0.15) is 39.2 Å². The Morgan fingerprint density at radius 3 is 2.46 bits per heavy atom. The normalized spacial score (nSPS) is 15.8. The summed E-state index contributed by atoms with van der Waals surface area (Å²) in [5.41, 5.74) is 5.28. The molecule has 0 atom stereocenters. The molecule has 0 fully saturated rings. The van der Waals surface area contributed by atoms with Crippen LogP contribution in [0.5, 0.6) is 0 Å². The zero-order valence-electron chi connectivity index (χ0n) is 14.9. The summed E-state index contributed by atoms with van der Waals surface area (Å²) in [6.07, 6.45) is 6.71. The van der Waals surface area contributed by atoms with Crippen LogP contribution in [0, 0.1) is 0 Å². The molecule has 1 heterocycles. The minimum atomic E-state index is 0.0270. The monoisotopic (exact) mass is 319 g/mol. The van der Waals surface area contributed by atoms with Crippen LogP contribution < -0.4 is 5.32 Å². The molecule has 1 aliphatic rings. The molecule has 0 bridgehead atoms. The summed E-state index contributed by atoms with van der Waals surface area (Å²) in [4.78, 5) is 0. The second-order valence-corrected chi connectivity index (χ2v) is 6.88. The van der Waals surface area contributed by atoms with Gasteiger partial charge in [-0.15, -0.1) is 0 Å². The van der Waals surface area contributed by atoms with Crippen molar-refractivity contribution in [2.75, 3.05) is 11.9 Å². The van der Waals surface area contributed by atoms with Crippen LogP contribution >= 0.6 is 0 Å². The lowest BCUT2D eigenvalue weighted by atomic mass is 9.81. The minimum absolute atomic E-state index is 0.0270. The number of para-hydroxylation sites is 2. The molecule has 1 N–H and O–H groups in total. The predicted octanol–water partition coefficient (Wildman–Crippen LogP) is 5.49. The summed E-state index contributed by atoms with van der Waals surface area (Å²) in [5.74, 6) is 0. The largest absolute Gasteiger partial charge is 0.361 e. The average molecular weight is 319 g/mol. The van der Waals surface area contributed by atoms with Gasteiger partial charge in [0.1, 0.15) is 6.54 Å². The summed E-state index contributed by atoms with van der Waals surface area (Å²) >= 11 is 0. The highest BCUT2D eigenvalue weighted by Crippen LogP contribution is 2.39. The lowest BCUT2D eigenvalue weighted by Gasteiger charge is -2.15. The first-order chi connectivity index (χ1) is 11.6. The van der Waals surface area contributed by atoms with E-state index < -0.39 is 0 Å². The average Bonchev–Trinajstić information content (AvgIpc) is 2.82. The molecule has 0 unspecified atom stereocenters. The van der Waals surface area contributed by atoms with E-state index in [1.165, 1.54) is 29.8 Å². The summed E-state index contributed by atoms with van der Waals surface area (Å²) in [5, 5.41) is 3.38. The Labute approximate surface area is 145 Å². The van der Waals surface area contributed by atoms with Gasteiger partial charge in [0.25, 0.3) is 0 Å². The van der Waals surface area contributed by atoms with E-state index in [-0.39, 0.29) is 5.41 Å². The molecule has 1 aliphatic heterocycles. The van der Waals surface area contributed by atoms with Crippen molar-refractivity contribution in [3.05, 3.63) is 72.4 Å². The quantitative estimate of drug-likeness (QED) is 0.696. The van der Waals surface area contributed by atoms with Gasteiger partial charge in [0.15, 0.2) is 5.71 Å². The van der Waals surface area contributed by atoms with Crippen LogP contribution in [0.3, 0.4) is 0 Å². The molecule has 24 heavy (non-hydrogen) atoms. The molecule has 0 saturated heterocycles. The van der Waals surface area contributed by atoms with Crippen LogP contribution in [-0.2, 0) is 5.41 Å². The maximum Gasteiger partial charge on any atom is 0.209 e. The van der Waals surface area contributed by atoms with E-state index in [1.54, 1.807) is 0 Å². The fraction of sp³-hybridized carbons (Fsp3) is 0.318. The maximum absolute atomic E-state index is 3.38. The Bertz CT molecular complexity index is 755. The molecular weight excluding hydrogens is 292 g/mol. The van der Waals surface area contributed by atoms with Gasteiger partial charge in [0.05, 0.1) is 5.41 Å². The van der Waals surface area contributed by atoms with E-state index in [1.807, 2.05) is 18.2 Å². The molecule has 0 aliphatic carbocycles. The Morgan fingerprint density at radius 2 is 1.71 bits per heavy atom. The first-order valence-corrected chi connectivity index (χ1v) is 8.87. The number of hydrogen-bond acceptors (Lipinski definition) is 1. The number of nitrogens with one attached hydrogen (secondary N) is 1. The Hall–Kier alpha value is -2.35. The van der Waals surface area contributed by atoms with Gasteiger partial charge >= 0.3 is 0 Å². The highest BCUT2D eigenvalue weighted by Gasteiger charge is 2.43. The van der Waals surface area contributed by atoms with Crippen LogP contribution in [0.2, 0.25) is 0 Å². The molecule has 0 aromatic heterocycles. The van der Waals surface area contributed by atoms with Crippen molar-refractivity contribution in [2.45, 2.75) is 39.0 Å². The van der Waals surface area contributed by atoms with Gasteiger partial charge in [-0.3, -0.25) is 0 Å². The Balaban J connectivity index is 1.92. The van der Waals surface area contributed by atoms with Gasteiger partial charge in [0.2, 0.25) is 5.69 Å². The SMILES string of the molecule is CCCC[N+]1=C(/C=C/Nc2ccccc2)C(C)(C)c2ccccc21. The van der Waals surface area contributed by atoms with Gasteiger partial charge in [-0.1, -0.05) is 49.7 Å². The van der Waals surface area contributed by atoms with E-state index in [4.69, 9.17) is 0 Å². The standard InChI is InChI=1S/C22H26N2/c1-4-5-17-24-20-14-10-9-13-19(20)22(2,3)21(24)15-16-23-18-11-7-6-8-12-18/h6-16H,4-5,17H2,1-3H3/p+1. The summed E-state index contributed by atoms with van der Waals surface area (Å²) in [6.45, 7) is 7.96. The van der Waals surface area contributed by atoms with Crippen LogP contribution in [0.15, 0.2) is 66.9 Å². The van der Waals surface area contributed by atoms with E-state index >= 15 is 0 Å². The third-order valence-electron chi connectivity index (χ3n) is 4.80. The van der Waals surface area contributed by atoms with Gasteiger partial charge < -0.3 is 5.32 Å². The van der Waals surface area contributed by atoms with Crippen LogP contribution in [0.4, 0.5) is 11.4 Å². The topological polar surface area (TPSA) is 15.0 Å². The summed E-state index contributed by atoms with van der Waals surface area (Å²) in [7, 11) is 0. The fourth-order valence-corrected chi connectivity index (χ4v) is 3.45. The number of fused-ring (bicyclic) bond motifs is 1. The Kier molecular flexibility index (Phi) is 4.84. The van der Waals surface area contributed by atoms with Gasteiger partial charge in [0, 0.05) is 36.0 Å². The smallest absolute Gasteiger partial charge is 0.209 e. The first-order valence-electron chi connectivity index (χ1n) is 8.87. The van der Waals surface area contributed by atoms with Gasteiger partial charge in [-0.25, -0.2) is 0 Å². The van der Waals surface area contributed by atoms with Crippen LogP contribution in [0.25, 0.3) is 0 Å². The van der Waals surface area contributed by atoms with Gasteiger partial charge in [-0.2, -0.15) is 4.58 Å². The second kappa shape index (κ2) is 7.04. The molecule has 2 aromatic rings. The molecule has 124 valence electrons. The number of benzene rings is 2. The number of hydrogen-bond donors (Lipinski definition) is 1. The lowest BCUT2D eigenvalue weighted by molar-refractivity contribution is -0.438. The van der Waals surface area contributed by atoms with Crippen LogP contribution in [-0.4, -0.2) is 16.8 Å². The molecule has 0 saturated carbocycles. The summed E-state index contributed by atoms with van der Waals surface area (Å²) < 4.78 is 2.49. The number of unbranched alkanes of at least 4 members (excludes halogenated alkanes) is 1.